The summed E-state index contributed by atoms with van der Waals surface area (Å²) in [6, 6.07) is 7.43. The second-order valence-corrected chi connectivity index (χ2v) is 10.5. The highest BCUT2D eigenvalue weighted by atomic mass is 127. The van der Waals surface area contributed by atoms with Crippen molar-refractivity contribution in [3.8, 4) is 0 Å². The molecule has 0 bridgehead atoms. The average Bonchev–Trinajstić information content (AvgIpc) is 2.72. The number of nitrogens with one attached hydrogen (secondary N) is 3. The molecule has 0 unspecified atom stereocenters. The van der Waals surface area contributed by atoms with Crippen molar-refractivity contribution in [3.05, 3.63) is 46.1 Å². The number of anilines is 3. The van der Waals surface area contributed by atoms with E-state index in [1.807, 2.05) is 99.8 Å². The molecule has 0 saturated heterocycles. The fraction of sp³-hybridized carbons (Fsp3) is 0.273. The molecule has 33 heavy (non-hydrogen) atoms. The van der Waals surface area contributed by atoms with Gasteiger partial charge in [-0.25, -0.2) is 4.79 Å². The molecule has 0 radical (unpaired) electrons. The van der Waals surface area contributed by atoms with Gasteiger partial charge in [0, 0.05) is 19.5 Å². The van der Waals surface area contributed by atoms with Gasteiger partial charge in [0.15, 0.2) is 6.61 Å². The molecule has 11 heteroatoms. The van der Waals surface area contributed by atoms with Gasteiger partial charge in [-0.15, -0.1) is 0 Å². The van der Waals surface area contributed by atoms with Crippen LogP contribution < -0.4 is 16.0 Å². The number of rotatable bonds is 7. The third kappa shape index (κ3) is 7.24. The molecule has 0 spiro atoms. The molecule has 0 aliphatic carbocycles. The van der Waals surface area contributed by atoms with Gasteiger partial charge in [-0.2, -0.15) is 0 Å². The maximum absolute atomic E-state index is 13.0. The van der Waals surface area contributed by atoms with Crippen LogP contribution in [0.25, 0.3) is 0 Å². The monoisotopic (exact) mass is 789 g/mol. The number of carbonyl (C=O) groups is 4. The summed E-state index contributed by atoms with van der Waals surface area (Å²) in [5.41, 5.74) is 2.55. The van der Waals surface area contributed by atoms with Crippen LogP contribution >= 0.6 is 67.8 Å². The fourth-order valence-electron chi connectivity index (χ4n) is 2.92. The molecule has 3 amide bonds. The second kappa shape index (κ2) is 12.3. The number of carbonyl (C=O) groups excluding carboxylic acids is 4. The van der Waals surface area contributed by atoms with E-state index in [4.69, 9.17) is 4.74 Å². The van der Waals surface area contributed by atoms with E-state index in [9.17, 15) is 19.2 Å². The minimum absolute atomic E-state index is 0.152. The van der Waals surface area contributed by atoms with E-state index in [2.05, 4.69) is 16.0 Å². The molecule has 176 valence electrons. The average molecular weight is 789 g/mol. The van der Waals surface area contributed by atoms with Gasteiger partial charge in [0.25, 0.3) is 5.91 Å². The lowest BCUT2D eigenvalue weighted by atomic mass is 10.0. The highest BCUT2D eigenvalue weighted by Gasteiger charge is 2.27. The number of hydrogen-bond donors (Lipinski definition) is 3. The predicted molar refractivity (Wildman–Crippen MR) is 153 cm³/mol. The molecule has 0 fully saturated rings. The maximum Gasteiger partial charge on any atom is 0.340 e. The molecule has 0 aromatic heterocycles. The van der Waals surface area contributed by atoms with Gasteiger partial charge < -0.3 is 20.7 Å². The molecule has 2 aromatic rings. The van der Waals surface area contributed by atoms with Crippen molar-refractivity contribution in [2.24, 2.45) is 0 Å². The molecule has 2 aromatic carbocycles. The smallest absolute Gasteiger partial charge is 0.340 e. The first-order chi connectivity index (χ1) is 15.4. The van der Waals surface area contributed by atoms with E-state index >= 15 is 0 Å². The summed E-state index contributed by atoms with van der Waals surface area (Å²) in [6.45, 7) is 6.24. The van der Waals surface area contributed by atoms with Crippen molar-refractivity contribution in [1.29, 1.82) is 0 Å². The lowest BCUT2D eigenvalue weighted by Crippen LogP contribution is -2.23. The van der Waals surface area contributed by atoms with Gasteiger partial charge in [-0.05, 0) is 85.3 Å². The predicted octanol–water partition coefficient (Wildman–Crippen LogP) is 5.34. The Labute approximate surface area is 232 Å². The van der Waals surface area contributed by atoms with E-state index in [-0.39, 0.29) is 23.3 Å². The summed E-state index contributed by atoms with van der Waals surface area (Å²) >= 11 is 5.88. The fourth-order valence-corrected chi connectivity index (χ4v) is 7.06. The van der Waals surface area contributed by atoms with E-state index < -0.39 is 18.5 Å². The van der Waals surface area contributed by atoms with Crippen LogP contribution in [0.15, 0.2) is 24.3 Å². The topological polar surface area (TPSA) is 114 Å². The summed E-state index contributed by atoms with van der Waals surface area (Å²) in [4.78, 5) is 48.8. The van der Waals surface area contributed by atoms with Gasteiger partial charge in [-0.1, -0.05) is 32.0 Å². The Morgan fingerprint density at radius 3 is 1.85 bits per heavy atom. The molecular weight excluding hydrogens is 767 g/mol. The number of esters is 1. The SMILES string of the molecule is CC(=O)Nc1c(I)c(NC(C)=O)c(I)c(C(=O)OCC(=O)Nc2ccccc2C(C)C)c1I. The molecule has 0 saturated carbocycles. The highest BCUT2D eigenvalue weighted by molar-refractivity contribution is 14.1. The van der Waals surface area contributed by atoms with E-state index in [0.29, 0.717) is 27.8 Å². The third-order valence-electron chi connectivity index (χ3n) is 4.31. The van der Waals surface area contributed by atoms with Gasteiger partial charge in [0.05, 0.1) is 27.6 Å². The first-order valence-corrected chi connectivity index (χ1v) is 13.0. The summed E-state index contributed by atoms with van der Waals surface area (Å²) < 4.78 is 6.76. The van der Waals surface area contributed by atoms with Crippen LogP contribution in [0.1, 0.15) is 49.5 Å². The number of benzene rings is 2. The largest absolute Gasteiger partial charge is 0.452 e. The van der Waals surface area contributed by atoms with Crippen LogP contribution in [0.4, 0.5) is 17.1 Å². The van der Waals surface area contributed by atoms with Gasteiger partial charge in [0.2, 0.25) is 11.8 Å². The Balaban J connectivity index is 2.31. The molecule has 8 nitrogen and oxygen atoms in total. The van der Waals surface area contributed by atoms with Crippen molar-refractivity contribution in [2.75, 3.05) is 22.6 Å². The first kappa shape index (κ1) is 27.8. The van der Waals surface area contributed by atoms with Gasteiger partial charge >= 0.3 is 5.97 Å². The van der Waals surface area contributed by atoms with E-state index in [1.54, 1.807) is 6.07 Å². The Bertz CT molecular complexity index is 1080. The van der Waals surface area contributed by atoms with E-state index in [1.165, 1.54) is 13.8 Å². The zero-order valence-electron chi connectivity index (χ0n) is 18.3. The van der Waals surface area contributed by atoms with Crippen molar-refractivity contribution in [1.82, 2.24) is 0 Å². The minimum Gasteiger partial charge on any atom is -0.452 e. The van der Waals surface area contributed by atoms with Crippen LogP contribution in [0.2, 0.25) is 0 Å². The van der Waals surface area contributed by atoms with Gasteiger partial charge in [0.1, 0.15) is 0 Å². The summed E-state index contributed by atoms with van der Waals surface area (Å²) in [7, 11) is 0. The van der Waals surface area contributed by atoms with Crippen LogP contribution in [0.3, 0.4) is 0 Å². The molecular formula is C22H22I3N3O5. The van der Waals surface area contributed by atoms with Crippen LogP contribution in [-0.4, -0.2) is 30.3 Å². The van der Waals surface area contributed by atoms with Crippen molar-refractivity contribution in [2.45, 2.75) is 33.6 Å². The number of ether oxygens (including phenoxy) is 1. The molecule has 0 aliphatic rings. The zero-order valence-corrected chi connectivity index (χ0v) is 24.7. The van der Waals surface area contributed by atoms with Gasteiger partial charge in [-0.3, -0.25) is 14.4 Å². The Hall–Kier alpha value is -1.49. The number of para-hydroxylation sites is 1. The quantitative estimate of drug-likeness (QED) is 0.259. The number of amides is 3. The minimum atomic E-state index is -0.745. The van der Waals surface area contributed by atoms with Crippen molar-refractivity contribution >= 4 is 109 Å². The standard InChI is InChI=1S/C22H22I3N3O5/c1-10(2)13-7-5-6-8-14(13)28-15(31)9-33-22(32)16-17(23)20(26-11(3)29)19(25)21(18(16)24)27-12(4)30/h5-8,10H,9H2,1-4H3,(H,26,29)(H,27,30)(H,28,31). The zero-order chi connectivity index (χ0) is 24.9. The number of halogens is 3. The van der Waals surface area contributed by atoms with Crippen LogP contribution in [0.5, 0.6) is 0 Å². The lowest BCUT2D eigenvalue weighted by molar-refractivity contribution is -0.119. The summed E-state index contributed by atoms with van der Waals surface area (Å²) in [5.74, 6) is -1.67. The first-order valence-electron chi connectivity index (χ1n) is 9.75. The van der Waals surface area contributed by atoms with Crippen molar-refractivity contribution < 1.29 is 23.9 Å². The van der Waals surface area contributed by atoms with E-state index in [0.717, 1.165) is 5.56 Å². The highest BCUT2D eigenvalue weighted by Crippen LogP contribution is 2.39. The lowest BCUT2D eigenvalue weighted by Gasteiger charge is -2.19. The Morgan fingerprint density at radius 1 is 0.848 bits per heavy atom. The van der Waals surface area contributed by atoms with Crippen LogP contribution in [0, 0.1) is 10.7 Å². The summed E-state index contributed by atoms with van der Waals surface area (Å²) in [5, 5.41) is 8.17. The molecule has 2 rings (SSSR count). The second-order valence-electron chi connectivity index (χ2n) is 7.30. The summed E-state index contributed by atoms with van der Waals surface area (Å²) in [6.07, 6.45) is 0. The third-order valence-corrected chi connectivity index (χ3v) is 7.55. The Kier molecular flexibility index (Phi) is 10.3. The molecule has 3 N–H and O–H groups in total. The van der Waals surface area contributed by atoms with Crippen LogP contribution in [-0.2, 0) is 19.1 Å². The normalized spacial score (nSPS) is 10.5. The molecule has 0 heterocycles. The molecule has 0 aliphatic heterocycles. The molecule has 0 atom stereocenters. The Morgan fingerprint density at radius 2 is 1.36 bits per heavy atom. The van der Waals surface area contributed by atoms with Crippen molar-refractivity contribution in [3.63, 3.8) is 0 Å². The number of hydrogen-bond acceptors (Lipinski definition) is 5. The maximum atomic E-state index is 13.0.